The molecule has 1 fully saturated rings. The molecule has 1 saturated heterocycles. The van der Waals surface area contributed by atoms with Crippen LogP contribution in [-0.2, 0) is 11.3 Å². The molecule has 0 saturated carbocycles. The summed E-state index contributed by atoms with van der Waals surface area (Å²) in [5.41, 5.74) is 1.98. The highest BCUT2D eigenvalue weighted by atomic mass is 16.5. The van der Waals surface area contributed by atoms with E-state index >= 15 is 0 Å². The Morgan fingerprint density at radius 1 is 1.26 bits per heavy atom. The largest absolute Gasteiger partial charge is 0.383 e. The van der Waals surface area contributed by atoms with Gasteiger partial charge in [-0.15, -0.1) is 0 Å². The van der Waals surface area contributed by atoms with Crippen LogP contribution in [0.2, 0.25) is 0 Å². The Balaban J connectivity index is 1.84. The number of carbonyl (C=O) groups is 1. The molecule has 1 aliphatic heterocycles. The van der Waals surface area contributed by atoms with Crippen LogP contribution in [0.3, 0.4) is 0 Å². The van der Waals surface area contributed by atoms with Crippen LogP contribution in [0.1, 0.15) is 28.8 Å². The first kappa shape index (κ1) is 14.0. The second kappa shape index (κ2) is 7.26. The van der Waals surface area contributed by atoms with Crippen molar-refractivity contribution in [1.29, 1.82) is 0 Å². The summed E-state index contributed by atoms with van der Waals surface area (Å²) in [4.78, 5) is 14.3. The van der Waals surface area contributed by atoms with Crippen LogP contribution in [0.5, 0.6) is 0 Å². The van der Waals surface area contributed by atoms with Crippen molar-refractivity contribution in [2.75, 3.05) is 33.4 Å². The number of carbonyl (C=O) groups excluding carboxylic acids is 1. The van der Waals surface area contributed by atoms with Crippen molar-refractivity contribution in [3.63, 3.8) is 0 Å². The Morgan fingerprint density at radius 2 is 1.95 bits per heavy atom. The Bertz CT molecular complexity index is 397. The van der Waals surface area contributed by atoms with Crippen molar-refractivity contribution in [3.8, 4) is 0 Å². The van der Waals surface area contributed by atoms with E-state index in [4.69, 9.17) is 4.74 Å². The molecule has 1 aromatic carbocycles. The molecule has 0 aromatic heterocycles. The lowest BCUT2D eigenvalue weighted by Crippen LogP contribution is -2.26. The predicted octanol–water partition coefficient (Wildman–Crippen LogP) is 1.66. The molecule has 1 aromatic rings. The molecule has 1 amide bonds. The average Bonchev–Trinajstić information content (AvgIpc) is 2.93. The third kappa shape index (κ3) is 4.33. The van der Waals surface area contributed by atoms with Gasteiger partial charge in [0.1, 0.15) is 0 Å². The molecule has 4 heteroatoms. The van der Waals surface area contributed by atoms with Gasteiger partial charge in [0.05, 0.1) is 6.61 Å². The van der Waals surface area contributed by atoms with Crippen molar-refractivity contribution >= 4 is 5.91 Å². The molecular weight excluding hydrogens is 240 g/mol. The summed E-state index contributed by atoms with van der Waals surface area (Å²) in [7, 11) is 1.62. The molecule has 2 rings (SSSR count). The fourth-order valence-corrected chi connectivity index (χ4v) is 2.33. The lowest BCUT2D eigenvalue weighted by atomic mass is 10.1. The number of likely N-dealkylation sites (tertiary alicyclic amines) is 1. The molecule has 1 aliphatic rings. The predicted molar refractivity (Wildman–Crippen MR) is 75.2 cm³/mol. The zero-order chi connectivity index (χ0) is 13.5. The van der Waals surface area contributed by atoms with Gasteiger partial charge in [-0.3, -0.25) is 9.69 Å². The van der Waals surface area contributed by atoms with Gasteiger partial charge in [0.2, 0.25) is 0 Å². The first-order valence-corrected chi connectivity index (χ1v) is 6.88. The standard InChI is InChI=1S/C15H22N2O2/c1-19-11-8-16-15(18)14-6-4-13(5-7-14)12-17-9-2-3-10-17/h4-7H,2-3,8-12H2,1H3,(H,16,18). The van der Waals surface area contributed by atoms with E-state index in [0.29, 0.717) is 18.7 Å². The lowest BCUT2D eigenvalue weighted by Gasteiger charge is -2.14. The summed E-state index contributed by atoms with van der Waals surface area (Å²) in [6.07, 6.45) is 2.61. The summed E-state index contributed by atoms with van der Waals surface area (Å²) in [6.45, 7) is 4.47. The maximum atomic E-state index is 11.8. The minimum absolute atomic E-state index is 0.0372. The van der Waals surface area contributed by atoms with Gasteiger partial charge in [0.25, 0.3) is 5.91 Å². The monoisotopic (exact) mass is 262 g/mol. The van der Waals surface area contributed by atoms with Gasteiger partial charge in [-0.2, -0.15) is 0 Å². The highest BCUT2D eigenvalue weighted by molar-refractivity contribution is 5.94. The lowest BCUT2D eigenvalue weighted by molar-refractivity contribution is 0.0937. The minimum atomic E-state index is -0.0372. The van der Waals surface area contributed by atoms with Crippen LogP contribution in [0.25, 0.3) is 0 Å². The van der Waals surface area contributed by atoms with E-state index in [1.54, 1.807) is 7.11 Å². The Hall–Kier alpha value is -1.39. The van der Waals surface area contributed by atoms with Crippen LogP contribution >= 0.6 is 0 Å². The highest BCUT2D eigenvalue weighted by Crippen LogP contribution is 2.13. The van der Waals surface area contributed by atoms with Crippen molar-refractivity contribution in [2.45, 2.75) is 19.4 Å². The van der Waals surface area contributed by atoms with E-state index in [-0.39, 0.29) is 5.91 Å². The number of amides is 1. The maximum absolute atomic E-state index is 11.8. The van der Waals surface area contributed by atoms with E-state index < -0.39 is 0 Å². The molecule has 0 radical (unpaired) electrons. The third-order valence-electron chi connectivity index (χ3n) is 3.41. The van der Waals surface area contributed by atoms with Gasteiger partial charge in [-0.05, 0) is 43.6 Å². The maximum Gasteiger partial charge on any atom is 0.251 e. The molecule has 0 unspecified atom stereocenters. The molecule has 0 aliphatic carbocycles. The summed E-state index contributed by atoms with van der Waals surface area (Å²) in [5, 5.41) is 2.82. The summed E-state index contributed by atoms with van der Waals surface area (Å²) in [6, 6.07) is 7.88. The van der Waals surface area contributed by atoms with E-state index in [2.05, 4.69) is 10.2 Å². The van der Waals surface area contributed by atoms with Gasteiger partial charge >= 0.3 is 0 Å². The molecule has 0 bridgehead atoms. The smallest absolute Gasteiger partial charge is 0.251 e. The van der Waals surface area contributed by atoms with E-state index in [1.165, 1.54) is 31.5 Å². The fraction of sp³-hybridized carbons (Fsp3) is 0.533. The molecule has 4 nitrogen and oxygen atoms in total. The first-order valence-electron chi connectivity index (χ1n) is 6.88. The molecule has 1 heterocycles. The molecule has 1 N–H and O–H groups in total. The SMILES string of the molecule is COCCNC(=O)c1ccc(CN2CCCC2)cc1. The van der Waals surface area contributed by atoms with Crippen LogP contribution in [0.4, 0.5) is 0 Å². The molecular formula is C15H22N2O2. The van der Waals surface area contributed by atoms with Crippen molar-refractivity contribution in [1.82, 2.24) is 10.2 Å². The van der Waals surface area contributed by atoms with Crippen LogP contribution in [0.15, 0.2) is 24.3 Å². The van der Waals surface area contributed by atoms with E-state index in [0.717, 1.165) is 6.54 Å². The van der Waals surface area contributed by atoms with E-state index in [1.807, 2.05) is 24.3 Å². The summed E-state index contributed by atoms with van der Waals surface area (Å²) >= 11 is 0. The number of nitrogens with one attached hydrogen (secondary N) is 1. The molecule has 19 heavy (non-hydrogen) atoms. The van der Waals surface area contributed by atoms with Crippen LogP contribution < -0.4 is 5.32 Å². The zero-order valence-corrected chi connectivity index (χ0v) is 11.5. The molecule has 0 spiro atoms. The quantitative estimate of drug-likeness (QED) is 0.793. The van der Waals surface area contributed by atoms with Crippen molar-refractivity contribution in [3.05, 3.63) is 35.4 Å². The highest BCUT2D eigenvalue weighted by Gasteiger charge is 2.12. The second-order valence-corrected chi connectivity index (χ2v) is 4.93. The Kier molecular flexibility index (Phi) is 5.36. The third-order valence-corrected chi connectivity index (χ3v) is 3.41. The minimum Gasteiger partial charge on any atom is -0.383 e. The van der Waals surface area contributed by atoms with Gasteiger partial charge in [0, 0.05) is 25.8 Å². The van der Waals surface area contributed by atoms with Gasteiger partial charge < -0.3 is 10.1 Å². The van der Waals surface area contributed by atoms with Crippen LogP contribution in [-0.4, -0.2) is 44.2 Å². The normalized spacial score (nSPS) is 15.6. The number of rotatable bonds is 6. The molecule has 0 atom stereocenters. The summed E-state index contributed by atoms with van der Waals surface area (Å²) < 4.78 is 4.90. The van der Waals surface area contributed by atoms with Gasteiger partial charge in [0.15, 0.2) is 0 Å². The zero-order valence-electron chi connectivity index (χ0n) is 11.5. The number of nitrogens with zero attached hydrogens (tertiary/aromatic N) is 1. The molecule has 104 valence electrons. The number of ether oxygens (including phenoxy) is 1. The average molecular weight is 262 g/mol. The number of hydrogen-bond acceptors (Lipinski definition) is 3. The van der Waals surface area contributed by atoms with Crippen molar-refractivity contribution < 1.29 is 9.53 Å². The second-order valence-electron chi connectivity index (χ2n) is 4.93. The van der Waals surface area contributed by atoms with Gasteiger partial charge in [-0.1, -0.05) is 12.1 Å². The number of benzene rings is 1. The Labute approximate surface area is 114 Å². The van der Waals surface area contributed by atoms with Gasteiger partial charge in [-0.25, -0.2) is 0 Å². The fourth-order valence-electron chi connectivity index (χ4n) is 2.33. The first-order chi connectivity index (χ1) is 9.29. The van der Waals surface area contributed by atoms with Crippen LogP contribution in [0, 0.1) is 0 Å². The number of hydrogen-bond donors (Lipinski definition) is 1. The van der Waals surface area contributed by atoms with Crippen molar-refractivity contribution in [2.24, 2.45) is 0 Å². The Morgan fingerprint density at radius 3 is 2.58 bits per heavy atom. The van der Waals surface area contributed by atoms with E-state index in [9.17, 15) is 4.79 Å². The number of methoxy groups -OCH3 is 1. The summed E-state index contributed by atoms with van der Waals surface area (Å²) in [5.74, 6) is -0.0372. The topological polar surface area (TPSA) is 41.6 Å².